The van der Waals surface area contributed by atoms with E-state index in [1.54, 1.807) is 0 Å². The molecule has 1 saturated carbocycles. The number of benzene rings is 1. The molecule has 0 aromatic heterocycles. The van der Waals surface area contributed by atoms with E-state index in [2.05, 4.69) is 44.8 Å². The van der Waals surface area contributed by atoms with Crippen LogP contribution in [0.1, 0.15) is 55.8 Å². The normalized spacial score (nSPS) is 18.9. The van der Waals surface area contributed by atoms with Gasteiger partial charge in [-0.1, -0.05) is 64.0 Å². The van der Waals surface area contributed by atoms with E-state index in [-0.39, 0.29) is 6.10 Å². The number of aliphatic hydroxyl groups is 1. The van der Waals surface area contributed by atoms with Crippen LogP contribution < -0.4 is 0 Å². The lowest BCUT2D eigenvalue weighted by Crippen LogP contribution is -2.11. The summed E-state index contributed by atoms with van der Waals surface area (Å²) in [5.41, 5.74) is 2.20. The maximum absolute atomic E-state index is 10.4. The van der Waals surface area contributed by atoms with Gasteiger partial charge >= 0.3 is 0 Å². The summed E-state index contributed by atoms with van der Waals surface area (Å²) in [4.78, 5) is 0. The lowest BCUT2D eigenvalue weighted by Gasteiger charge is -2.24. The van der Waals surface area contributed by atoms with Crippen LogP contribution in [-0.2, 0) is 0 Å². The van der Waals surface area contributed by atoms with Crippen LogP contribution in [0.5, 0.6) is 0 Å². The van der Waals surface area contributed by atoms with Crippen molar-refractivity contribution in [2.75, 3.05) is 0 Å². The largest absolute Gasteiger partial charge is 0.388 e. The van der Waals surface area contributed by atoms with Gasteiger partial charge < -0.3 is 5.11 Å². The highest BCUT2D eigenvalue weighted by atomic mass is 79.9. The Morgan fingerprint density at radius 1 is 1.17 bits per heavy atom. The van der Waals surface area contributed by atoms with Gasteiger partial charge in [-0.2, -0.15) is 0 Å². The first-order valence-electron chi connectivity index (χ1n) is 6.71. The first kappa shape index (κ1) is 14.5. The van der Waals surface area contributed by atoms with Crippen molar-refractivity contribution in [1.29, 1.82) is 0 Å². The molecule has 1 unspecified atom stereocenters. The third kappa shape index (κ3) is 3.58. The van der Waals surface area contributed by atoms with Gasteiger partial charge in [0, 0.05) is 8.95 Å². The number of aryl methyl sites for hydroxylation is 1. The van der Waals surface area contributed by atoms with Crippen molar-refractivity contribution in [3.8, 4) is 0 Å². The average molecular weight is 376 g/mol. The fourth-order valence-corrected chi connectivity index (χ4v) is 3.87. The molecule has 1 nitrogen and oxygen atoms in total. The van der Waals surface area contributed by atoms with Crippen LogP contribution in [0.3, 0.4) is 0 Å². The van der Waals surface area contributed by atoms with Gasteiger partial charge in [-0.25, -0.2) is 0 Å². The lowest BCUT2D eigenvalue weighted by molar-refractivity contribution is 0.130. The molecular formula is C15H20Br2O. The van der Waals surface area contributed by atoms with E-state index in [4.69, 9.17) is 0 Å². The molecule has 1 aromatic rings. The second kappa shape index (κ2) is 6.53. The summed E-state index contributed by atoms with van der Waals surface area (Å²) < 4.78 is 2.09. The van der Waals surface area contributed by atoms with Gasteiger partial charge in [0.05, 0.1) is 6.10 Å². The van der Waals surface area contributed by atoms with Crippen molar-refractivity contribution in [2.24, 2.45) is 5.92 Å². The molecule has 3 heteroatoms. The highest BCUT2D eigenvalue weighted by Gasteiger charge is 2.20. The SMILES string of the molecule is Cc1cc(Br)c(C(O)CC2CCCCC2)cc1Br. The molecular weight excluding hydrogens is 356 g/mol. The minimum absolute atomic E-state index is 0.348. The molecule has 100 valence electrons. The average Bonchev–Trinajstić information content (AvgIpc) is 2.35. The predicted molar refractivity (Wildman–Crippen MR) is 82.7 cm³/mol. The van der Waals surface area contributed by atoms with Crippen molar-refractivity contribution in [3.63, 3.8) is 0 Å². The standard InChI is InChI=1S/C15H20Br2O/c1-10-7-14(17)12(9-13(10)16)15(18)8-11-5-3-2-4-6-11/h7,9,11,15,18H,2-6,8H2,1H3. The van der Waals surface area contributed by atoms with Gasteiger partial charge in [0.15, 0.2) is 0 Å². The predicted octanol–water partition coefficient (Wildman–Crippen LogP) is 5.52. The number of halogens is 2. The number of aliphatic hydroxyl groups excluding tert-OH is 1. The minimum atomic E-state index is -0.348. The summed E-state index contributed by atoms with van der Waals surface area (Å²) in [6, 6.07) is 4.12. The van der Waals surface area contributed by atoms with E-state index in [0.717, 1.165) is 20.9 Å². The van der Waals surface area contributed by atoms with Gasteiger partial charge in [0.2, 0.25) is 0 Å². The molecule has 1 aliphatic carbocycles. The van der Waals surface area contributed by atoms with Crippen LogP contribution in [0.4, 0.5) is 0 Å². The Morgan fingerprint density at radius 2 is 1.83 bits per heavy atom. The Bertz CT molecular complexity index is 411. The summed E-state index contributed by atoms with van der Waals surface area (Å²) in [5, 5.41) is 10.4. The van der Waals surface area contributed by atoms with E-state index in [9.17, 15) is 5.11 Å². The molecule has 1 aliphatic rings. The van der Waals surface area contributed by atoms with Gasteiger partial charge in [-0.05, 0) is 42.5 Å². The monoisotopic (exact) mass is 374 g/mol. The molecule has 0 radical (unpaired) electrons. The zero-order chi connectivity index (χ0) is 13.1. The van der Waals surface area contributed by atoms with Crippen LogP contribution in [0.15, 0.2) is 21.1 Å². The number of hydrogen-bond acceptors (Lipinski definition) is 1. The highest BCUT2D eigenvalue weighted by molar-refractivity contribution is 9.11. The van der Waals surface area contributed by atoms with Gasteiger partial charge in [0.25, 0.3) is 0 Å². The molecule has 1 N–H and O–H groups in total. The quantitative estimate of drug-likeness (QED) is 0.736. The van der Waals surface area contributed by atoms with Crippen molar-refractivity contribution in [3.05, 3.63) is 32.2 Å². The molecule has 1 aromatic carbocycles. The highest BCUT2D eigenvalue weighted by Crippen LogP contribution is 2.36. The summed E-state index contributed by atoms with van der Waals surface area (Å²) >= 11 is 7.11. The first-order valence-corrected chi connectivity index (χ1v) is 8.30. The summed E-state index contributed by atoms with van der Waals surface area (Å²) in [5.74, 6) is 0.695. The Morgan fingerprint density at radius 3 is 2.50 bits per heavy atom. The molecule has 0 bridgehead atoms. The van der Waals surface area contributed by atoms with Gasteiger partial charge in [-0.15, -0.1) is 0 Å². The molecule has 0 heterocycles. The third-order valence-electron chi connectivity index (χ3n) is 3.92. The Labute approximate surface area is 126 Å². The molecule has 0 amide bonds. The summed E-state index contributed by atoms with van der Waals surface area (Å²) in [6.45, 7) is 2.06. The van der Waals surface area contributed by atoms with Crippen molar-refractivity contribution < 1.29 is 5.11 Å². The van der Waals surface area contributed by atoms with Crippen LogP contribution in [0, 0.1) is 12.8 Å². The minimum Gasteiger partial charge on any atom is -0.388 e. The fraction of sp³-hybridized carbons (Fsp3) is 0.600. The smallest absolute Gasteiger partial charge is 0.0804 e. The topological polar surface area (TPSA) is 20.2 Å². The van der Waals surface area contributed by atoms with E-state index in [1.165, 1.54) is 37.7 Å². The fourth-order valence-electron chi connectivity index (χ4n) is 2.78. The van der Waals surface area contributed by atoms with Crippen LogP contribution in [-0.4, -0.2) is 5.11 Å². The Balaban J connectivity index is 2.08. The molecule has 0 aliphatic heterocycles. The van der Waals surface area contributed by atoms with E-state index in [1.807, 2.05) is 6.07 Å². The Hall–Kier alpha value is 0.140. The second-order valence-corrected chi connectivity index (χ2v) is 7.09. The zero-order valence-electron chi connectivity index (χ0n) is 10.8. The molecule has 18 heavy (non-hydrogen) atoms. The van der Waals surface area contributed by atoms with E-state index in [0.29, 0.717) is 5.92 Å². The zero-order valence-corrected chi connectivity index (χ0v) is 13.9. The maximum atomic E-state index is 10.4. The van der Waals surface area contributed by atoms with Crippen LogP contribution in [0.25, 0.3) is 0 Å². The van der Waals surface area contributed by atoms with Gasteiger partial charge in [0.1, 0.15) is 0 Å². The van der Waals surface area contributed by atoms with E-state index < -0.39 is 0 Å². The molecule has 1 fully saturated rings. The lowest BCUT2D eigenvalue weighted by atomic mass is 9.84. The Kier molecular flexibility index (Phi) is 5.28. The van der Waals surface area contributed by atoms with Crippen LogP contribution in [0.2, 0.25) is 0 Å². The summed E-state index contributed by atoms with van der Waals surface area (Å²) in [7, 11) is 0. The van der Waals surface area contributed by atoms with Crippen molar-refractivity contribution in [2.45, 2.75) is 51.6 Å². The van der Waals surface area contributed by atoms with Crippen molar-refractivity contribution in [1.82, 2.24) is 0 Å². The number of hydrogen-bond donors (Lipinski definition) is 1. The third-order valence-corrected chi connectivity index (χ3v) is 5.46. The van der Waals surface area contributed by atoms with Crippen molar-refractivity contribution >= 4 is 31.9 Å². The van der Waals surface area contributed by atoms with E-state index >= 15 is 0 Å². The molecule has 0 spiro atoms. The van der Waals surface area contributed by atoms with Gasteiger partial charge in [-0.3, -0.25) is 0 Å². The molecule has 0 saturated heterocycles. The summed E-state index contributed by atoms with van der Waals surface area (Å²) in [6.07, 6.45) is 7.13. The maximum Gasteiger partial charge on any atom is 0.0804 e. The second-order valence-electron chi connectivity index (χ2n) is 5.38. The first-order chi connectivity index (χ1) is 8.58. The van der Waals surface area contributed by atoms with Crippen LogP contribution >= 0.6 is 31.9 Å². The molecule has 2 rings (SSSR count). The molecule has 1 atom stereocenters. The number of rotatable bonds is 3.